The van der Waals surface area contributed by atoms with Crippen molar-refractivity contribution in [3.8, 4) is 11.1 Å². The van der Waals surface area contributed by atoms with Gasteiger partial charge < -0.3 is 4.98 Å². The van der Waals surface area contributed by atoms with E-state index in [1.165, 1.54) is 12.1 Å². The number of fused-ring (bicyclic) bond motifs is 1. The first-order chi connectivity index (χ1) is 9.15. The molecule has 0 aliphatic rings. The Bertz CT molecular complexity index is 820. The van der Waals surface area contributed by atoms with Crippen LogP contribution in [0.1, 0.15) is 5.56 Å². The lowest BCUT2D eigenvalue weighted by molar-refractivity contribution is 0.632. The Morgan fingerprint density at radius 3 is 2.58 bits per heavy atom. The largest absolute Gasteiger partial charge is 0.322 e. The molecule has 2 aromatic carbocycles. The average Bonchev–Trinajstić information content (AvgIpc) is 2.39. The van der Waals surface area contributed by atoms with Gasteiger partial charge >= 0.3 is 0 Å². The highest BCUT2D eigenvalue weighted by Gasteiger charge is 2.09. The molecule has 0 bridgehead atoms. The van der Waals surface area contributed by atoms with Gasteiger partial charge in [-0.1, -0.05) is 24.3 Å². The first-order valence-electron chi connectivity index (χ1n) is 6.04. The molecule has 0 spiro atoms. The van der Waals surface area contributed by atoms with E-state index in [0.717, 1.165) is 16.5 Å². The maximum absolute atomic E-state index is 14.2. The van der Waals surface area contributed by atoms with Crippen LogP contribution in [0.3, 0.4) is 0 Å². The average molecular weight is 253 g/mol. The summed E-state index contributed by atoms with van der Waals surface area (Å²) in [4.78, 5) is 13.9. The quantitative estimate of drug-likeness (QED) is 0.705. The van der Waals surface area contributed by atoms with E-state index < -0.39 is 0 Å². The third-order valence-corrected chi connectivity index (χ3v) is 3.25. The molecule has 3 heteroatoms. The number of aryl methyl sites for hydroxylation is 1. The Kier molecular flexibility index (Phi) is 2.67. The molecule has 0 unspecified atom stereocenters. The summed E-state index contributed by atoms with van der Waals surface area (Å²) in [6.07, 6.45) is 0. The van der Waals surface area contributed by atoms with Gasteiger partial charge in [0.05, 0.1) is 5.52 Å². The van der Waals surface area contributed by atoms with Crippen molar-refractivity contribution in [1.82, 2.24) is 4.98 Å². The summed E-state index contributed by atoms with van der Waals surface area (Å²) < 4.78 is 14.2. The molecule has 0 radical (unpaired) electrons. The summed E-state index contributed by atoms with van der Waals surface area (Å²) in [7, 11) is 0. The summed E-state index contributed by atoms with van der Waals surface area (Å²) in [6.45, 7) is 1.95. The molecule has 0 fully saturated rings. The van der Waals surface area contributed by atoms with Crippen LogP contribution >= 0.6 is 0 Å². The Morgan fingerprint density at radius 1 is 1.00 bits per heavy atom. The molecule has 0 atom stereocenters. The Balaban J connectivity index is 2.31. The summed E-state index contributed by atoms with van der Waals surface area (Å²) >= 11 is 0. The Labute approximate surface area is 109 Å². The molecule has 1 N–H and O–H groups in total. The predicted molar refractivity (Wildman–Crippen MR) is 74.7 cm³/mol. The highest BCUT2D eigenvalue weighted by Crippen LogP contribution is 2.28. The number of H-pyrrole nitrogens is 1. The lowest BCUT2D eigenvalue weighted by Crippen LogP contribution is -2.02. The van der Waals surface area contributed by atoms with Gasteiger partial charge in [-0.15, -0.1) is 0 Å². The molecule has 0 aliphatic carbocycles. The van der Waals surface area contributed by atoms with Crippen LogP contribution in [0, 0.1) is 12.7 Å². The van der Waals surface area contributed by atoms with E-state index in [9.17, 15) is 9.18 Å². The molecule has 0 saturated carbocycles. The van der Waals surface area contributed by atoms with E-state index in [0.29, 0.717) is 11.1 Å². The smallest absolute Gasteiger partial charge is 0.248 e. The molecule has 0 saturated heterocycles. The fourth-order valence-corrected chi connectivity index (χ4v) is 2.26. The zero-order valence-corrected chi connectivity index (χ0v) is 10.4. The number of aromatic amines is 1. The van der Waals surface area contributed by atoms with E-state index in [1.807, 2.05) is 31.2 Å². The molecule has 2 nitrogen and oxygen atoms in total. The van der Waals surface area contributed by atoms with E-state index in [-0.39, 0.29) is 11.4 Å². The fourth-order valence-electron chi connectivity index (χ4n) is 2.26. The number of benzene rings is 2. The van der Waals surface area contributed by atoms with Crippen molar-refractivity contribution < 1.29 is 4.39 Å². The topological polar surface area (TPSA) is 32.9 Å². The van der Waals surface area contributed by atoms with Gasteiger partial charge in [-0.3, -0.25) is 4.79 Å². The van der Waals surface area contributed by atoms with E-state index in [2.05, 4.69) is 4.98 Å². The molecule has 0 aliphatic heterocycles. The Morgan fingerprint density at radius 2 is 1.79 bits per heavy atom. The van der Waals surface area contributed by atoms with Crippen molar-refractivity contribution in [2.24, 2.45) is 0 Å². The van der Waals surface area contributed by atoms with Gasteiger partial charge in [0.2, 0.25) is 5.56 Å². The van der Waals surface area contributed by atoms with Crippen LogP contribution in [-0.4, -0.2) is 4.98 Å². The maximum Gasteiger partial charge on any atom is 0.248 e. The van der Waals surface area contributed by atoms with Gasteiger partial charge in [0.15, 0.2) is 0 Å². The molecule has 19 heavy (non-hydrogen) atoms. The molecule has 3 rings (SSSR count). The van der Waals surface area contributed by atoms with E-state index in [1.54, 1.807) is 12.1 Å². The summed E-state index contributed by atoms with van der Waals surface area (Å²) in [6, 6.07) is 13.9. The number of rotatable bonds is 1. The van der Waals surface area contributed by atoms with Crippen molar-refractivity contribution >= 4 is 10.9 Å². The van der Waals surface area contributed by atoms with Crippen molar-refractivity contribution in [2.45, 2.75) is 6.92 Å². The molecular weight excluding hydrogens is 241 g/mol. The van der Waals surface area contributed by atoms with E-state index >= 15 is 0 Å². The summed E-state index contributed by atoms with van der Waals surface area (Å²) in [5, 5.41) is 0.819. The number of pyridine rings is 1. The SMILES string of the molecule is Cc1ccccc1-c1cc2ccc(=O)[nH]c2cc1F. The normalized spacial score (nSPS) is 10.8. The van der Waals surface area contributed by atoms with Crippen LogP contribution < -0.4 is 5.56 Å². The number of aromatic nitrogens is 1. The zero-order valence-electron chi connectivity index (χ0n) is 10.4. The lowest BCUT2D eigenvalue weighted by Gasteiger charge is -2.08. The van der Waals surface area contributed by atoms with Crippen molar-refractivity contribution in [2.75, 3.05) is 0 Å². The van der Waals surface area contributed by atoms with Crippen molar-refractivity contribution in [3.05, 3.63) is 70.3 Å². The van der Waals surface area contributed by atoms with Crippen LogP contribution in [-0.2, 0) is 0 Å². The van der Waals surface area contributed by atoms with Crippen molar-refractivity contribution in [1.29, 1.82) is 0 Å². The number of nitrogens with one attached hydrogen (secondary N) is 1. The standard InChI is InChI=1S/C16H12FNO/c1-10-4-2-3-5-12(10)13-8-11-6-7-16(19)18-15(11)9-14(13)17/h2-9H,1H3,(H,18,19). The summed E-state index contributed by atoms with van der Waals surface area (Å²) in [5.41, 5.74) is 2.73. The minimum atomic E-state index is -0.330. The first-order valence-corrected chi connectivity index (χ1v) is 6.04. The second kappa shape index (κ2) is 4.35. The van der Waals surface area contributed by atoms with Gasteiger partial charge in [0.25, 0.3) is 0 Å². The van der Waals surface area contributed by atoms with Crippen LogP contribution in [0.4, 0.5) is 4.39 Å². The number of hydrogen-bond acceptors (Lipinski definition) is 1. The second-order valence-electron chi connectivity index (χ2n) is 4.56. The van der Waals surface area contributed by atoms with Gasteiger partial charge in [-0.25, -0.2) is 4.39 Å². The third kappa shape index (κ3) is 2.03. The van der Waals surface area contributed by atoms with Gasteiger partial charge in [0, 0.05) is 11.6 Å². The molecule has 1 aromatic heterocycles. The molecular formula is C16H12FNO. The number of hydrogen-bond donors (Lipinski definition) is 1. The third-order valence-electron chi connectivity index (χ3n) is 3.25. The monoisotopic (exact) mass is 253 g/mol. The highest BCUT2D eigenvalue weighted by molar-refractivity contribution is 5.85. The van der Waals surface area contributed by atoms with E-state index in [4.69, 9.17) is 0 Å². The lowest BCUT2D eigenvalue weighted by atomic mass is 9.98. The van der Waals surface area contributed by atoms with Crippen LogP contribution in [0.25, 0.3) is 22.0 Å². The first kappa shape index (κ1) is 11.7. The summed E-state index contributed by atoms with van der Waals surface area (Å²) in [5.74, 6) is -0.330. The van der Waals surface area contributed by atoms with Crippen molar-refractivity contribution in [3.63, 3.8) is 0 Å². The van der Waals surface area contributed by atoms with Crippen LogP contribution in [0.5, 0.6) is 0 Å². The maximum atomic E-state index is 14.2. The van der Waals surface area contributed by atoms with Crippen LogP contribution in [0.15, 0.2) is 53.3 Å². The molecule has 94 valence electrons. The molecule has 1 heterocycles. The van der Waals surface area contributed by atoms with Gasteiger partial charge in [-0.05, 0) is 41.6 Å². The zero-order chi connectivity index (χ0) is 13.4. The van der Waals surface area contributed by atoms with Crippen LogP contribution in [0.2, 0.25) is 0 Å². The highest BCUT2D eigenvalue weighted by atomic mass is 19.1. The Hall–Kier alpha value is -2.42. The fraction of sp³-hybridized carbons (Fsp3) is 0.0625. The minimum Gasteiger partial charge on any atom is -0.322 e. The predicted octanol–water partition coefficient (Wildman–Crippen LogP) is 3.64. The van der Waals surface area contributed by atoms with Gasteiger partial charge in [-0.2, -0.15) is 0 Å². The number of halogens is 1. The molecule has 0 amide bonds. The molecule has 3 aromatic rings. The second-order valence-corrected chi connectivity index (χ2v) is 4.56. The minimum absolute atomic E-state index is 0.226. The van der Waals surface area contributed by atoms with Gasteiger partial charge in [0.1, 0.15) is 5.82 Å².